The van der Waals surface area contributed by atoms with Gasteiger partial charge < -0.3 is 19.5 Å². The van der Waals surface area contributed by atoms with E-state index in [4.69, 9.17) is 14.2 Å². The molecule has 0 unspecified atom stereocenters. The van der Waals surface area contributed by atoms with E-state index in [-0.39, 0.29) is 0 Å². The second kappa shape index (κ2) is 9.64. The Balaban J connectivity index is 2.64. The standard InChI is InChI=1S/C24H29NO6/c1-14-19(22(27)29-6)21(20(15(2)25-14)23(28)30-7)17-11-9-8-10-16(17)12-13-18(26)31-24(3,4)5/h8-13,21,25H,1-7H3. The van der Waals surface area contributed by atoms with Gasteiger partial charge in [0.2, 0.25) is 0 Å². The van der Waals surface area contributed by atoms with Crippen LogP contribution in [0.4, 0.5) is 0 Å². The lowest BCUT2D eigenvalue weighted by Crippen LogP contribution is -2.32. The second-order valence-electron chi connectivity index (χ2n) is 8.11. The van der Waals surface area contributed by atoms with E-state index in [0.29, 0.717) is 33.7 Å². The Morgan fingerprint density at radius 3 is 1.94 bits per heavy atom. The third-order valence-electron chi connectivity index (χ3n) is 4.68. The maximum absolute atomic E-state index is 12.7. The van der Waals surface area contributed by atoms with Crippen molar-refractivity contribution >= 4 is 24.0 Å². The molecule has 1 aromatic carbocycles. The number of benzene rings is 1. The number of hydrogen-bond donors (Lipinski definition) is 1. The second-order valence-corrected chi connectivity index (χ2v) is 8.11. The number of methoxy groups -OCH3 is 2. The molecule has 0 amide bonds. The number of dihydropyridines is 1. The van der Waals surface area contributed by atoms with Crippen molar-refractivity contribution in [3.05, 3.63) is 64.0 Å². The zero-order valence-corrected chi connectivity index (χ0v) is 19.0. The molecular formula is C24H29NO6. The van der Waals surface area contributed by atoms with Crippen LogP contribution >= 0.6 is 0 Å². The molecule has 0 aromatic heterocycles. The van der Waals surface area contributed by atoms with Crippen molar-refractivity contribution in [2.45, 2.75) is 46.1 Å². The summed E-state index contributed by atoms with van der Waals surface area (Å²) in [4.78, 5) is 37.5. The van der Waals surface area contributed by atoms with Crippen LogP contribution in [0.5, 0.6) is 0 Å². The summed E-state index contributed by atoms with van der Waals surface area (Å²) < 4.78 is 15.3. The van der Waals surface area contributed by atoms with Gasteiger partial charge in [0.1, 0.15) is 5.60 Å². The molecule has 0 saturated heterocycles. The van der Waals surface area contributed by atoms with Gasteiger partial charge in [-0.3, -0.25) is 0 Å². The van der Waals surface area contributed by atoms with E-state index >= 15 is 0 Å². The summed E-state index contributed by atoms with van der Waals surface area (Å²) >= 11 is 0. The molecule has 166 valence electrons. The number of nitrogens with one attached hydrogen (secondary N) is 1. The van der Waals surface area contributed by atoms with Crippen molar-refractivity contribution in [2.24, 2.45) is 0 Å². The van der Waals surface area contributed by atoms with Gasteiger partial charge in [-0.15, -0.1) is 0 Å². The summed E-state index contributed by atoms with van der Waals surface area (Å²) in [6, 6.07) is 7.21. The van der Waals surface area contributed by atoms with E-state index in [1.165, 1.54) is 20.3 Å². The third kappa shape index (κ3) is 5.63. The summed E-state index contributed by atoms with van der Waals surface area (Å²) in [5, 5.41) is 3.07. The minimum absolute atomic E-state index is 0.298. The van der Waals surface area contributed by atoms with Crippen LogP contribution in [0.15, 0.2) is 52.9 Å². The Hall–Kier alpha value is -3.35. The van der Waals surface area contributed by atoms with E-state index < -0.39 is 29.4 Å². The van der Waals surface area contributed by atoms with Gasteiger partial charge in [-0.2, -0.15) is 0 Å². The highest BCUT2D eigenvalue weighted by Gasteiger charge is 2.38. The average molecular weight is 427 g/mol. The molecule has 1 aromatic rings. The zero-order valence-electron chi connectivity index (χ0n) is 19.0. The smallest absolute Gasteiger partial charge is 0.336 e. The molecule has 1 aliphatic rings. The molecule has 1 heterocycles. The van der Waals surface area contributed by atoms with Gasteiger partial charge in [-0.25, -0.2) is 14.4 Å². The fourth-order valence-corrected chi connectivity index (χ4v) is 3.49. The number of carbonyl (C=O) groups excluding carboxylic acids is 3. The van der Waals surface area contributed by atoms with Crippen molar-refractivity contribution in [3.8, 4) is 0 Å². The summed E-state index contributed by atoms with van der Waals surface area (Å²) in [7, 11) is 2.58. The van der Waals surface area contributed by atoms with E-state index in [2.05, 4.69) is 5.32 Å². The minimum atomic E-state index is -0.736. The quantitative estimate of drug-likeness (QED) is 0.436. The van der Waals surface area contributed by atoms with Crippen molar-refractivity contribution < 1.29 is 28.6 Å². The molecular weight excluding hydrogens is 398 g/mol. The van der Waals surface area contributed by atoms with Crippen molar-refractivity contribution in [2.75, 3.05) is 14.2 Å². The monoisotopic (exact) mass is 427 g/mol. The van der Waals surface area contributed by atoms with Crippen LogP contribution in [0.3, 0.4) is 0 Å². The molecule has 0 atom stereocenters. The number of esters is 3. The van der Waals surface area contributed by atoms with Crippen LogP contribution < -0.4 is 5.32 Å². The lowest BCUT2D eigenvalue weighted by Gasteiger charge is -2.30. The number of allylic oxidation sites excluding steroid dienone is 2. The molecule has 1 aliphatic heterocycles. The van der Waals surface area contributed by atoms with Gasteiger partial charge in [0.15, 0.2) is 0 Å². The first-order chi connectivity index (χ1) is 14.5. The molecule has 0 saturated carbocycles. The van der Waals surface area contributed by atoms with Crippen molar-refractivity contribution in [1.82, 2.24) is 5.32 Å². The molecule has 1 N–H and O–H groups in total. The van der Waals surface area contributed by atoms with Crippen LogP contribution in [0.2, 0.25) is 0 Å². The van der Waals surface area contributed by atoms with Gasteiger partial charge in [-0.05, 0) is 51.8 Å². The lowest BCUT2D eigenvalue weighted by atomic mass is 9.78. The van der Waals surface area contributed by atoms with Gasteiger partial charge >= 0.3 is 17.9 Å². The summed E-state index contributed by atoms with van der Waals surface area (Å²) in [5.74, 6) is -2.35. The van der Waals surface area contributed by atoms with Crippen LogP contribution in [-0.4, -0.2) is 37.7 Å². The Labute approximate surface area is 182 Å². The molecule has 7 heteroatoms. The highest BCUT2D eigenvalue weighted by atomic mass is 16.6. The fourth-order valence-electron chi connectivity index (χ4n) is 3.49. The SMILES string of the molecule is COC(=O)C1=C(C)NC(C)=C(C(=O)OC)C1c1ccccc1C=CC(=O)OC(C)(C)C. The molecule has 0 aliphatic carbocycles. The number of carbonyl (C=O) groups is 3. The van der Waals surface area contributed by atoms with Crippen molar-refractivity contribution in [1.29, 1.82) is 0 Å². The molecule has 7 nitrogen and oxygen atoms in total. The topological polar surface area (TPSA) is 90.9 Å². The third-order valence-corrected chi connectivity index (χ3v) is 4.68. The van der Waals surface area contributed by atoms with Crippen LogP contribution in [0.25, 0.3) is 6.08 Å². The first kappa shape index (κ1) is 23.9. The summed E-state index contributed by atoms with van der Waals surface area (Å²) in [5.41, 5.74) is 2.44. The molecule has 0 bridgehead atoms. The van der Waals surface area contributed by atoms with E-state index in [1.54, 1.807) is 58.9 Å². The molecule has 0 fully saturated rings. The largest absolute Gasteiger partial charge is 0.466 e. The van der Waals surface area contributed by atoms with E-state index in [1.807, 2.05) is 6.07 Å². The number of rotatable bonds is 5. The van der Waals surface area contributed by atoms with E-state index in [9.17, 15) is 14.4 Å². The van der Waals surface area contributed by atoms with Gasteiger partial charge in [0.05, 0.1) is 31.3 Å². The van der Waals surface area contributed by atoms with E-state index in [0.717, 1.165) is 0 Å². The normalized spacial score (nSPS) is 15.1. The van der Waals surface area contributed by atoms with Gasteiger partial charge in [0.25, 0.3) is 0 Å². The average Bonchev–Trinajstić information content (AvgIpc) is 2.69. The molecule has 0 radical (unpaired) electrons. The Morgan fingerprint density at radius 1 is 0.935 bits per heavy atom. The summed E-state index contributed by atoms with van der Waals surface area (Å²) in [6.07, 6.45) is 2.94. The van der Waals surface area contributed by atoms with Gasteiger partial charge in [-0.1, -0.05) is 24.3 Å². The Morgan fingerprint density at radius 2 is 1.45 bits per heavy atom. The van der Waals surface area contributed by atoms with Crippen LogP contribution in [0.1, 0.15) is 51.7 Å². The predicted molar refractivity (Wildman–Crippen MR) is 117 cm³/mol. The minimum Gasteiger partial charge on any atom is -0.466 e. The Kier molecular flexibility index (Phi) is 7.44. The maximum Gasteiger partial charge on any atom is 0.336 e. The molecule has 2 rings (SSSR count). The highest BCUT2D eigenvalue weighted by molar-refractivity contribution is 6.00. The lowest BCUT2D eigenvalue weighted by molar-refractivity contribution is -0.148. The first-order valence-electron chi connectivity index (χ1n) is 9.85. The maximum atomic E-state index is 12.7. The number of ether oxygens (including phenoxy) is 3. The number of hydrogen-bond acceptors (Lipinski definition) is 7. The fraction of sp³-hybridized carbons (Fsp3) is 0.375. The van der Waals surface area contributed by atoms with Crippen molar-refractivity contribution in [3.63, 3.8) is 0 Å². The van der Waals surface area contributed by atoms with Gasteiger partial charge in [0, 0.05) is 17.5 Å². The molecule has 31 heavy (non-hydrogen) atoms. The highest BCUT2D eigenvalue weighted by Crippen LogP contribution is 2.40. The summed E-state index contributed by atoms with van der Waals surface area (Å²) in [6.45, 7) is 8.85. The van der Waals surface area contributed by atoms with Crippen LogP contribution in [0, 0.1) is 0 Å². The predicted octanol–water partition coefficient (Wildman–Crippen LogP) is 3.62. The van der Waals surface area contributed by atoms with Crippen LogP contribution in [-0.2, 0) is 28.6 Å². The Bertz CT molecular complexity index is 940. The first-order valence-corrected chi connectivity index (χ1v) is 9.85. The zero-order chi connectivity index (χ0) is 23.3. The molecule has 0 spiro atoms.